The van der Waals surface area contributed by atoms with Gasteiger partial charge in [0.05, 0.1) is 11.4 Å². The van der Waals surface area contributed by atoms with Crippen LogP contribution in [0, 0.1) is 5.92 Å². The van der Waals surface area contributed by atoms with Gasteiger partial charge in [0.2, 0.25) is 10.0 Å². The first kappa shape index (κ1) is 13.7. The molecule has 2 unspecified atom stereocenters. The summed E-state index contributed by atoms with van der Waals surface area (Å²) in [6.07, 6.45) is 3.69. The van der Waals surface area contributed by atoms with Crippen LogP contribution in [0.3, 0.4) is 0 Å². The van der Waals surface area contributed by atoms with Crippen LogP contribution < -0.4 is 10.6 Å². The number of hydrogen-bond donors (Lipinski definition) is 1. The zero-order chi connectivity index (χ0) is 14.5. The third-order valence-electron chi connectivity index (χ3n) is 4.52. The molecule has 110 valence electrons. The summed E-state index contributed by atoms with van der Waals surface area (Å²) in [5.74, 6) is 0.744. The predicted octanol–water partition coefficient (Wildman–Crippen LogP) is 1.51. The lowest BCUT2D eigenvalue weighted by atomic mass is 10.1. The van der Waals surface area contributed by atoms with Crippen molar-refractivity contribution in [3.05, 3.63) is 18.2 Å². The number of rotatable bonds is 3. The summed E-state index contributed by atoms with van der Waals surface area (Å²) in [6.45, 7) is 1.00. The maximum absolute atomic E-state index is 12.3. The number of nitrogens with zero attached hydrogens (tertiary/aromatic N) is 2. The molecule has 2 N–H and O–H groups in total. The molecule has 1 aliphatic heterocycles. The van der Waals surface area contributed by atoms with Crippen LogP contribution in [0.4, 0.5) is 11.4 Å². The van der Waals surface area contributed by atoms with Crippen LogP contribution in [0.5, 0.6) is 0 Å². The van der Waals surface area contributed by atoms with Gasteiger partial charge in [-0.25, -0.2) is 12.7 Å². The minimum absolute atomic E-state index is 0.211. The van der Waals surface area contributed by atoms with Gasteiger partial charge in [-0.1, -0.05) is 6.07 Å². The van der Waals surface area contributed by atoms with Gasteiger partial charge in [-0.3, -0.25) is 0 Å². The van der Waals surface area contributed by atoms with Crippen molar-refractivity contribution >= 4 is 21.4 Å². The molecule has 0 radical (unpaired) electrons. The van der Waals surface area contributed by atoms with Crippen LogP contribution in [-0.2, 0) is 10.0 Å². The van der Waals surface area contributed by atoms with Crippen LogP contribution in [0.1, 0.15) is 19.3 Å². The van der Waals surface area contributed by atoms with E-state index in [-0.39, 0.29) is 4.90 Å². The molecule has 0 spiro atoms. The van der Waals surface area contributed by atoms with Gasteiger partial charge in [0.15, 0.2) is 0 Å². The summed E-state index contributed by atoms with van der Waals surface area (Å²) < 4.78 is 25.8. The summed E-state index contributed by atoms with van der Waals surface area (Å²) in [5, 5.41) is 0. The van der Waals surface area contributed by atoms with E-state index in [4.69, 9.17) is 5.73 Å². The van der Waals surface area contributed by atoms with Crippen LogP contribution in [0.25, 0.3) is 0 Å². The number of anilines is 2. The summed E-state index contributed by atoms with van der Waals surface area (Å²) in [4.78, 5) is 2.50. The molecule has 1 aliphatic carbocycles. The monoisotopic (exact) mass is 295 g/mol. The average molecular weight is 295 g/mol. The number of benzene rings is 1. The van der Waals surface area contributed by atoms with Crippen molar-refractivity contribution in [2.24, 2.45) is 5.92 Å². The van der Waals surface area contributed by atoms with Crippen molar-refractivity contribution < 1.29 is 8.42 Å². The Morgan fingerprint density at radius 1 is 1.30 bits per heavy atom. The molecule has 0 aromatic heterocycles. The number of fused-ring (bicyclic) bond motifs is 2. The van der Waals surface area contributed by atoms with Crippen molar-refractivity contribution in [1.82, 2.24) is 4.31 Å². The van der Waals surface area contributed by atoms with Crippen molar-refractivity contribution in [1.29, 1.82) is 0 Å². The lowest BCUT2D eigenvalue weighted by Gasteiger charge is -2.31. The molecule has 5 nitrogen and oxygen atoms in total. The third-order valence-corrected chi connectivity index (χ3v) is 6.39. The van der Waals surface area contributed by atoms with Crippen LogP contribution >= 0.6 is 0 Å². The minimum Gasteiger partial charge on any atom is -0.396 e. The van der Waals surface area contributed by atoms with Crippen molar-refractivity contribution in [3.8, 4) is 0 Å². The fourth-order valence-electron chi connectivity index (χ4n) is 3.42. The SMILES string of the molecule is CN(C)S(=O)(=O)c1cccc(N2CC3CCC2C3)c1N. The second-order valence-electron chi connectivity index (χ2n) is 5.96. The fourth-order valence-corrected chi connectivity index (χ4v) is 4.45. The van der Waals surface area contributed by atoms with E-state index in [0.717, 1.165) is 18.2 Å². The summed E-state index contributed by atoms with van der Waals surface area (Å²) in [7, 11) is -0.437. The number of para-hydroxylation sites is 1. The first-order valence-corrected chi connectivity index (χ1v) is 8.43. The van der Waals surface area contributed by atoms with Gasteiger partial charge in [0.25, 0.3) is 0 Å². The van der Waals surface area contributed by atoms with Crippen LogP contribution in [0.2, 0.25) is 0 Å². The summed E-state index contributed by atoms with van der Waals surface area (Å²) >= 11 is 0. The van der Waals surface area contributed by atoms with Crippen LogP contribution in [0.15, 0.2) is 23.1 Å². The molecule has 2 bridgehead atoms. The Morgan fingerprint density at radius 2 is 2.05 bits per heavy atom. The highest BCUT2D eigenvalue weighted by atomic mass is 32.2. The molecule has 0 amide bonds. The molecule has 1 saturated carbocycles. The number of nitrogen functional groups attached to an aromatic ring is 1. The molecule has 2 atom stereocenters. The molecular weight excluding hydrogens is 274 g/mol. The van der Waals surface area contributed by atoms with Gasteiger partial charge in [-0.15, -0.1) is 0 Å². The van der Waals surface area contributed by atoms with Gasteiger partial charge < -0.3 is 10.6 Å². The van der Waals surface area contributed by atoms with E-state index in [1.807, 2.05) is 6.07 Å². The fraction of sp³-hybridized carbons (Fsp3) is 0.571. The molecule has 3 rings (SSSR count). The first-order valence-electron chi connectivity index (χ1n) is 6.99. The smallest absolute Gasteiger partial charge is 0.244 e. The number of nitrogens with two attached hydrogens (primary N) is 1. The van der Waals surface area contributed by atoms with Gasteiger partial charge >= 0.3 is 0 Å². The van der Waals surface area contributed by atoms with E-state index < -0.39 is 10.0 Å². The Hall–Kier alpha value is -1.27. The van der Waals surface area contributed by atoms with Crippen molar-refractivity contribution in [3.63, 3.8) is 0 Å². The Morgan fingerprint density at radius 3 is 2.60 bits per heavy atom. The first-order chi connectivity index (χ1) is 9.41. The predicted molar refractivity (Wildman–Crippen MR) is 80.2 cm³/mol. The van der Waals surface area contributed by atoms with Gasteiger partial charge in [0, 0.05) is 26.7 Å². The second kappa shape index (κ2) is 4.63. The molecule has 6 heteroatoms. The standard InChI is InChI=1S/C14H21N3O2S/c1-16(2)20(18,19)13-5-3-4-12(14(13)15)17-9-10-6-7-11(17)8-10/h3-5,10-11H,6-9,15H2,1-2H3. The van der Waals surface area contributed by atoms with Crippen molar-refractivity contribution in [2.75, 3.05) is 31.3 Å². The van der Waals surface area contributed by atoms with Gasteiger partial charge in [0.1, 0.15) is 4.90 Å². The highest BCUT2D eigenvalue weighted by molar-refractivity contribution is 7.89. The minimum atomic E-state index is -3.49. The maximum atomic E-state index is 12.3. The molecule has 1 saturated heterocycles. The number of hydrogen-bond acceptors (Lipinski definition) is 4. The zero-order valence-electron chi connectivity index (χ0n) is 11.9. The zero-order valence-corrected chi connectivity index (χ0v) is 12.7. The highest BCUT2D eigenvalue weighted by Crippen LogP contribution is 2.43. The molecule has 2 aliphatic rings. The van der Waals surface area contributed by atoms with E-state index in [9.17, 15) is 8.42 Å². The number of piperidine rings is 1. The topological polar surface area (TPSA) is 66.6 Å². The molecule has 20 heavy (non-hydrogen) atoms. The Kier molecular flexibility index (Phi) is 3.17. The largest absolute Gasteiger partial charge is 0.396 e. The summed E-state index contributed by atoms with van der Waals surface area (Å²) in [6, 6.07) is 5.83. The lowest BCUT2D eigenvalue weighted by Crippen LogP contribution is -2.33. The summed E-state index contributed by atoms with van der Waals surface area (Å²) in [5.41, 5.74) is 7.43. The third kappa shape index (κ3) is 1.98. The molecule has 1 aromatic rings. The van der Waals surface area contributed by atoms with E-state index in [2.05, 4.69) is 4.90 Å². The van der Waals surface area contributed by atoms with E-state index >= 15 is 0 Å². The molecule has 1 heterocycles. The van der Waals surface area contributed by atoms with Gasteiger partial charge in [-0.05, 0) is 37.3 Å². The maximum Gasteiger partial charge on any atom is 0.244 e. The lowest BCUT2D eigenvalue weighted by molar-refractivity contribution is 0.521. The van der Waals surface area contributed by atoms with E-state index in [1.54, 1.807) is 12.1 Å². The highest BCUT2D eigenvalue weighted by Gasteiger charge is 2.39. The van der Waals surface area contributed by atoms with E-state index in [0.29, 0.717) is 11.7 Å². The Balaban J connectivity index is 2.03. The Labute approximate surface area is 120 Å². The average Bonchev–Trinajstić information content (AvgIpc) is 3.00. The van der Waals surface area contributed by atoms with Crippen molar-refractivity contribution in [2.45, 2.75) is 30.2 Å². The normalized spacial score (nSPS) is 25.6. The molecule has 2 fully saturated rings. The van der Waals surface area contributed by atoms with Gasteiger partial charge in [-0.2, -0.15) is 0 Å². The molecule has 1 aromatic carbocycles. The van der Waals surface area contributed by atoms with Crippen LogP contribution in [-0.4, -0.2) is 39.4 Å². The van der Waals surface area contributed by atoms with E-state index in [1.165, 1.54) is 37.7 Å². The Bertz CT molecular complexity index is 627. The second-order valence-corrected chi connectivity index (χ2v) is 8.08. The number of sulfonamides is 1. The quantitative estimate of drug-likeness (QED) is 0.858. The molecular formula is C14H21N3O2S.